The number of hydrogen-bond acceptors (Lipinski definition) is 5. The molecule has 38 heavy (non-hydrogen) atoms. The van der Waals surface area contributed by atoms with Crippen LogP contribution in [0.5, 0.6) is 11.5 Å². The van der Waals surface area contributed by atoms with Gasteiger partial charge in [-0.2, -0.15) is 5.26 Å². The van der Waals surface area contributed by atoms with Crippen molar-refractivity contribution in [3.05, 3.63) is 103 Å². The van der Waals surface area contributed by atoms with Gasteiger partial charge in [0.05, 0.1) is 29.3 Å². The number of benzene rings is 3. The summed E-state index contributed by atoms with van der Waals surface area (Å²) in [5.74, 6) is 2.35. The predicted molar refractivity (Wildman–Crippen MR) is 153 cm³/mol. The SMILES string of the molecule is CN1C=CN(c2cccc(Oc3ccc4c5cc(C#N)ccc5n(-c5cc(C(C)(C)C)ccn5)c4c3)c2)C1. The minimum absolute atomic E-state index is 0.0109. The summed E-state index contributed by atoms with van der Waals surface area (Å²) in [4.78, 5) is 9.06. The van der Waals surface area contributed by atoms with Crippen molar-refractivity contribution in [1.29, 1.82) is 5.26 Å². The molecule has 0 saturated heterocycles. The normalized spacial score (nSPS) is 13.4. The van der Waals surface area contributed by atoms with Gasteiger partial charge in [0.2, 0.25) is 0 Å². The average Bonchev–Trinajstić information content (AvgIpc) is 3.49. The predicted octanol–water partition coefficient (Wildman–Crippen LogP) is 7.32. The largest absolute Gasteiger partial charge is 0.457 e. The van der Waals surface area contributed by atoms with Crippen molar-refractivity contribution in [3.63, 3.8) is 0 Å². The first-order valence-electron chi connectivity index (χ1n) is 12.7. The Morgan fingerprint density at radius 2 is 1.71 bits per heavy atom. The van der Waals surface area contributed by atoms with E-state index < -0.39 is 0 Å². The zero-order valence-corrected chi connectivity index (χ0v) is 22.0. The summed E-state index contributed by atoms with van der Waals surface area (Å²) in [5.41, 5.74) is 4.88. The lowest BCUT2D eigenvalue weighted by Gasteiger charge is -2.20. The standard InChI is InChI=1S/C32H29N5O/c1-32(2,3)23-12-13-34-31(17-23)37-29-11-8-22(20-33)16-28(29)27-10-9-26(19-30(27)37)38-25-7-5-6-24(18-25)36-15-14-35(4)21-36/h5-19H,21H2,1-4H3. The van der Waals surface area contributed by atoms with E-state index in [9.17, 15) is 5.26 Å². The molecule has 1 aliphatic heterocycles. The first-order valence-corrected chi connectivity index (χ1v) is 12.7. The van der Waals surface area contributed by atoms with E-state index >= 15 is 0 Å². The fourth-order valence-electron chi connectivity index (χ4n) is 4.95. The highest BCUT2D eigenvalue weighted by molar-refractivity contribution is 6.09. The Bertz CT molecular complexity index is 1750. The van der Waals surface area contributed by atoms with Crippen LogP contribution in [0.1, 0.15) is 31.9 Å². The molecule has 0 fully saturated rings. The lowest BCUT2D eigenvalue weighted by Crippen LogP contribution is -2.21. The molecule has 0 N–H and O–H groups in total. The van der Waals surface area contributed by atoms with Crippen molar-refractivity contribution in [2.24, 2.45) is 0 Å². The number of fused-ring (bicyclic) bond motifs is 3. The third-order valence-electron chi connectivity index (χ3n) is 6.97. The Hall–Kier alpha value is -4.76. The van der Waals surface area contributed by atoms with E-state index in [1.54, 1.807) is 0 Å². The molecule has 2 aromatic heterocycles. The second-order valence-corrected chi connectivity index (χ2v) is 10.8. The van der Waals surface area contributed by atoms with Gasteiger partial charge in [0.15, 0.2) is 0 Å². The van der Waals surface area contributed by atoms with Crippen LogP contribution in [0.4, 0.5) is 5.69 Å². The molecular formula is C32H29N5O. The van der Waals surface area contributed by atoms with Crippen LogP contribution in [0.15, 0.2) is 91.4 Å². The molecule has 0 amide bonds. The minimum atomic E-state index is -0.0109. The summed E-state index contributed by atoms with van der Waals surface area (Å²) in [5, 5.41) is 11.6. The number of hydrogen-bond donors (Lipinski definition) is 0. The molecular weight excluding hydrogens is 470 g/mol. The van der Waals surface area contributed by atoms with E-state index in [1.807, 2.05) is 42.6 Å². The molecule has 1 aliphatic rings. The molecule has 0 atom stereocenters. The highest BCUT2D eigenvalue weighted by atomic mass is 16.5. The van der Waals surface area contributed by atoms with Crippen molar-refractivity contribution in [1.82, 2.24) is 14.5 Å². The third-order valence-corrected chi connectivity index (χ3v) is 6.97. The second kappa shape index (κ2) is 8.97. The quantitative estimate of drug-likeness (QED) is 0.259. The van der Waals surface area contributed by atoms with Gasteiger partial charge in [-0.1, -0.05) is 26.8 Å². The number of nitriles is 1. The first-order chi connectivity index (χ1) is 18.3. The Labute approximate surface area is 222 Å². The van der Waals surface area contributed by atoms with Gasteiger partial charge in [-0.15, -0.1) is 0 Å². The molecule has 6 nitrogen and oxygen atoms in total. The Balaban J connectivity index is 1.47. The molecule has 188 valence electrons. The maximum Gasteiger partial charge on any atom is 0.137 e. The van der Waals surface area contributed by atoms with E-state index in [0.29, 0.717) is 5.56 Å². The summed E-state index contributed by atoms with van der Waals surface area (Å²) in [6.45, 7) is 7.41. The van der Waals surface area contributed by atoms with Crippen LogP contribution in [-0.4, -0.2) is 28.2 Å². The van der Waals surface area contributed by atoms with Gasteiger partial charge in [-0.05, 0) is 65.6 Å². The molecule has 3 heterocycles. The summed E-state index contributed by atoms with van der Waals surface area (Å²) in [6, 6.07) is 26.5. The van der Waals surface area contributed by atoms with E-state index in [-0.39, 0.29) is 5.41 Å². The van der Waals surface area contributed by atoms with Gasteiger partial charge in [-0.25, -0.2) is 4.98 Å². The number of rotatable bonds is 4. The number of aromatic nitrogens is 2. The van der Waals surface area contributed by atoms with E-state index in [2.05, 4.69) is 97.1 Å². The van der Waals surface area contributed by atoms with Gasteiger partial charge in [-0.3, -0.25) is 4.57 Å². The highest BCUT2D eigenvalue weighted by Crippen LogP contribution is 2.36. The maximum atomic E-state index is 9.54. The van der Waals surface area contributed by atoms with E-state index in [4.69, 9.17) is 9.72 Å². The Morgan fingerprint density at radius 3 is 2.47 bits per heavy atom. The third kappa shape index (κ3) is 4.22. The zero-order valence-electron chi connectivity index (χ0n) is 22.0. The van der Waals surface area contributed by atoms with Crippen LogP contribution < -0.4 is 9.64 Å². The van der Waals surface area contributed by atoms with Gasteiger partial charge in [0.1, 0.15) is 17.3 Å². The molecule has 3 aromatic carbocycles. The summed E-state index contributed by atoms with van der Waals surface area (Å²) >= 11 is 0. The van der Waals surface area contributed by atoms with Crippen molar-refractivity contribution >= 4 is 27.5 Å². The summed E-state index contributed by atoms with van der Waals surface area (Å²) < 4.78 is 8.53. The van der Waals surface area contributed by atoms with Gasteiger partial charge in [0.25, 0.3) is 0 Å². The van der Waals surface area contributed by atoms with E-state index in [1.165, 1.54) is 5.56 Å². The number of pyridine rings is 1. The van der Waals surface area contributed by atoms with Crippen molar-refractivity contribution in [3.8, 4) is 23.4 Å². The summed E-state index contributed by atoms with van der Waals surface area (Å²) in [7, 11) is 2.05. The van der Waals surface area contributed by atoms with Crippen LogP contribution in [-0.2, 0) is 5.41 Å². The zero-order chi connectivity index (χ0) is 26.4. The number of anilines is 1. The average molecular weight is 500 g/mol. The molecule has 5 aromatic rings. The van der Waals surface area contributed by atoms with Crippen LogP contribution in [0, 0.1) is 11.3 Å². The molecule has 0 spiro atoms. The fourth-order valence-corrected chi connectivity index (χ4v) is 4.95. The maximum absolute atomic E-state index is 9.54. The summed E-state index contributed by atoms with van der Waals surface area (Å²) in [6.07, 6.45) is 5.99. The Kier molecular flexibility index (Phi) is 5.57. The highest BCUT2D eigenvalue weighted by Gasteiger charge is 2.19. The van der Waals surface area contributed by atoms with Gasteiger partial charge >= 0.3 is 0 Å². The topological polar surface area (TPSA) is 57.3 Å². The molecule has 6 rings (SSSR count). The number of ether oxygens (including phenoxy) is 1. The number of nitrogens with zero attached hydrogens (tertiary/aromatic N) is 5. The minimum Gasteiger partial charge on any atom is -0.457 e. The van der Waals surface area contributed by atoms with Crippen molar-refractivity contribution < 1.29 is 4.74 Å². The first kappa shape index (κ1) is 23.6. The van der Waals surface area contributed by atoms with Crippen molar-refractivity contribution in [2.45, 2.75) is 26.2 Å². The molecule has 6 heteroatoms. The van der Waals surface area contributed by atoms with Crippen LogP contribution in [0.2, 0.25) is 0 Å². The van der Waals surface area contributed by atoms with Crippen LogP contribution in [0.3, 0.4) is 0 Å². The lowest BCUT2D eigenvalue weighted by atomic mass is 9.88. The monoisotopic (exact) mass is 499 g/mol. The van der Waals surface area contributed by atoms with Gasteiger partial charge < -0.3 is 14.5 Å². The van der Waals surface area contributed by atoms with Crippen molar-refractivity contribution in [2.75, 3.05) is 18.6 Å². The fraction of sp³-hybridized carbons (Fsp3) is 0.188. The van der Waals surface area contributed by atoms with Gasteiger partial charge in [0, 0.05) is 54.2 Å². The lowest BCUT2D eigenvalue weighted by molar-refractivity contribution is 0.481. The molecule has 0 radical (unpaired) electrons. The van der Waals surface area contributed by atoms with Crippen LogP contribution in [0.25, 0.3) is 27.6 Å². The van der Waals surface area contributed by atoms with E-state index in [0.717, 1.165) is 51.5 Å². The second-order valence-electron chi connectivity index (χ2n) is 10.8. The Morgan fingerprint density at radius 1 is 0.868 bits per heavy atom. The molecule has 0 aliphatic carbocycles. The molecule has 0 bridgehead atoms. The smallest absolute Gasteiger partial charge is 0.137 e. The van der Waals surface area contributed by atoms with Crippen LogP contribution >= 0.6 is 0 Å². The molecule has 0 unspecified atom stereocenters. The molecule has 0 saturated carbocycles.